The highest BCUT2D eigenvalue weighted by molar-refractivity contribution is 6.48. The molecule has 1 atom stereocenters. The van der Waals surface area contributed by atoms with Crippen LogP contribution in [0.25, 0.3) is 0 Å². The van der Waals surface area contributed by atoms with Gasteiger partial charge in [0.25, 0.3) is 5.91 Å². The minimum atomic E-state index is -0.357. The van der Waals surface area contributed by atoms with Crippen molar-refractivity contribution in [1.29, 1.82) is 0 Å². The van der Waals surface area contributed by atoms with Gasteiger partial charge in [0.2, 0.25) is 0 Å². The summed E-state index contributed by atoms with van der Waals surface area (Å²) in [6.07, 6.45) is 3.01. The van der Waals surface area contributed by atoms with Crippen LogP contribution in [0.3, 0.4) is 0 Å². The number of halogens is 3. The highest BCUT2D eigenvalue weighted by Crippen LogP contribution is 2.31. The van der Waals surface area contributed by atoms with Crippen LogP contribution in [0.4, 0.5) is 0 Å². The van der Waals surface area contributed by atoms with E-state index in [-0.39, 0.29) is 32.7 Å². The number of carbonyl (C=O) groups excluding carboxylic acids is 1. The highest BCUT2D eigenvalue weighted by Gasteiger charge is 2.18. The van der Waals surface area contributed by atoms with Crippen LogP contribution in [0.5, 0.6) is 0 Å². The molecule has 1 amide bonds. The molecule has 0 fully saturated rings. The predicted molar refractivity (Wildman–Crippen MR) is 91.0 cm³/mol. The van der Waals surface area contributed by atoms with Crippen molar-refractivity contribution in [3.63, 3.8) is 0 Å². The van der Waals surface area contributed by atoms with E-state index < -0.39 is 0 Å². The van der Waals surface area contributed by atoms with Gasteiger partial charge >= 0.3 is 0 Å². The number of pyridine rings is 1. The first kappa shape index (κ1) is 17.1. The third kappa shape index (κ3) is 4.35. The number of rotatable bonds is 5. The third-order valence-electron chi connectivity index (χ3n) is 3.22. The zero-order valence-electron chi connectivity index (χ0n) is 11.9. The second-order valence-corrected chi connectivity index (χ2v) is 6.14. The maximum Gasteiger partial charge on any atom is 0.271 e. The van der Waals surface area contributed by atoms with E-state index in [0.29, 0.717) is 0 Å². The highest BCUT2D eigenvalue weighted by atomic mass is 35.5. The molecular weight excluding hydrogens is 343 g/mol. The van der Waals surface area contributed by atoms with Gasteiger partial charge in [0.05, 0.1) is 15.1 Å². The van der Waals surface area contributed by atoms with E-state index in [1.165, 1.54) is 11.8 Å². The van der Waals surface area contributed by atoms with E-state index in [1.807, 2.05) is 25.1 Å². The summed E-state index contributed by atoms with van der Waals surface area (Å²) in [5.74, 6) is -0.357. The molecule has 116 valence electrons. The van der Waals surface area contributed by atoms with Crippen molar-refractivity contribution in [2.45, 2.75) is 25.8 Å². The van der Waals surface area contributed by atoms with Gasteiger partial charge in [0.15, 0.2) is 0 Å². The standard InChI is InChI=1S/C16H15Cl3N2O/c1-10(7-8-11-5-3-2-4-6-11)21-16(22)15-14(19)13(18)12(17)9-20-15/h2-6,9-10H,7-8H2,1H3,(H,21,22). The van der Waals surface area contributed by atoms with Crippen molar-refractivity contribution in [1.82, 2.24) is 10.3 Å². The molecule has 1 unspecified atom stereocenters. The fraction of sp³-hybridized carbons (Fsp3) is 0.250. The maximum atomic E-state index is 12.2. The summed E-state index contributed by atoms with van der Waals surface area (Å²) in [7, 11) is 0. The molecule has 1 N–H and O–H groups in total. The summed E-state index contributed by atoms with van der Waals surface area (Å²) >= 11 is 17.7. The smallest absolute Gasteiger partial charge is 0.271 e. The summed E-state index contributed by atoms with van der Waals surface area (Å²) in [6, 6.07) is 10.1. The van der Waals surface area contributed by atoms with Crippen LogP contribution in [0, 0.1) is 0 Å². The molecule has 2 rings (SSSR count). The summed E-state index contributed by atoms with van der Waals surface area (Å²) in [5, 5.41) is 3.30. The molecule has 1 aromatic heterocycles. The fourth-order valence-corrected chi connectivity index (χ4v) is 2.56. The van der Waals surface area contributed by atoms with Crippen molar-refractivity contribution >= 4 is 40.7 Å². The normalized spacial score (nSPS) is 12.0. The summed E-state index contributed by atoms with van der Waals surface area (Å²) in [4.78, 5) is 16.1. The van der Waals surface area contributed by atoms with Crippen LogP contribution >= 0.6 is 34.8 Å². The molecule has 0 aliphatic heterocycles. The maximum absolute atomic E-state index is 12.2. The predicted octanol–water partition coefficient (Wildman–Crippen LogP) is 4.79. The number of benzene rings is 1. The lowest BCUT2D eigenvalue weighted by Crippen LogP contribution is -2.33. The van der Waals surface area contributed by atoms with Crippen molar-refractivity contribution in [3.8, 4) is 0 Å². The molecule has 6 heteroatoms. The van der Waals surface area contributed by atoms with Crippen molar-refractivity contribution in [2.75, 3.05) is 0 Å². The molecule has 1 heterocycles. The topological polar surface area (TPSA) is 42.0 Å². The number of nitrogens with zero attached hydrogens (tertiary/aromatic N) is 1. The Morgan fingerprint density at radius 1 is 1.18 bits per heavy atom. The van der Waals surface area contributed by atoms with Gasteiger partial charge in [0.1, 0.15) is 5.69 Å². The van der Waals surface area contributed by atoms with Crippen molar-refractivity contribution in [2.24, 2.45) is 0 Å². The first-order valence-corrected chi connectivity index (χ1v) is 7.96. The van der Waals surface area contributed by atoms with Gasteiger partial charge in [-0.1, -0.05) is 65.1 Å². The first-order valence-electron chi connectivity index (χ1n) is 6.83. The second kappa shape index (κ2) is 7.82. The van der Waals surface area contributed by atoms with E-state index in [4.69, 9.17) is 34.8 Å². The molecule has 0 bridgehead atoms. The van der Waals surface area contributed by atoms with Gasteiger partial charge in [-0.25, -0.2) is 4.98 Å². The Morgan fingerprint density at radius 2 is 1.86 bits per heavy atom. The summed E-state index contributed by atoms with van der Waals surface area (Å²) in [5.41, 5.74) is 1.32. The Hall–Kier alpha value is -1.29. The number of aryl methyl sites for hydroxylation is 1. The van der Waals surface area contributed by atoms with Crippen molar-refractivity contribution in [3.05, 3.63) is 62.9 Å². The molecule has 0 spiro atoms. The van der Waals surface area contributed by atoms with Gasteiger partial charge in [-0.3, -0.25) is 4.79 Å². The van der Waals surface area contributed by atoms with Gasteiger partial charge in [0, 0.05) is 12.2 Å². The Bertz CT molecular complexity index is 662. The monoisotopic (exact) mass is 356 g/mol. The van der Waals surface area contributed by atoms with Crippen LogP contribution in [-0.4, -0.2) is 16.9 Å². The van der Waals surface area contributed by atoms with Gasteiger partial charge < -0.3 is 5.32 Å². The molecule has 0 aliphatic rings. The zero-order valence-corrected chi connectivity index (χ0v) is 14.2. The van der Waals surface area contributed by atoms with Crippen LogP contribution in [0.15, 0.2) is 36.5 Å². The van der Waals surface area contributed by atoms with Crippen molar-refractivity contribution < 1.29 is 4.79 Å². The number of aromatic nitrogens is 1. The van der Waals surface area contributed by atoms with E-state index in [2.05, 4.69) is 22.4 Å². The minimum Gasteiger partial charge on any atom is -0.348 e. The Labute approximate surface area is 144 Å². The first-order chi connectivity index (χ1) is 10.5. The number of hydrogen-bond acceptors (Lipinski definition) is 2. The number of nitrogens with one attached hydrogen (secondary N) is 1. The second-order valence-electron chi connectivity index (χ2n) is 4.98. The van der Waals surface area contributed by atoms with Gasteiger partial charge in [-0.15, -0.1) is 0 Å². The molecule has 2 aromatic rings. The van der Waals surface area contributed by atoms with Crippen LogP contribution in [-0.2, 0) is 6.42 Å². The summed E-state index contributed by atoms with van der Waals surface area (Å²) in [6.45, 7) is 1.94. The lowest BCUT2D eigenvalue weighted by molar-refractivity contribution is 0.0933. The zero-order chi connectivity index (χ0) is 16.1. The Balaban J connectivity index is 1.95. The Kier molecular flexibility index (Phi) is 6.07. The molecule has 0 saturated carbocycles. The molecular formula is C16H15Cl3N2O. The molecule has 3 nitrogen and oxygen atoms in total. The van der Waals surface area contributed by atoms with Crippen LogP contribution in [0.1, 0.15) is 29.4 Å². The third-order valence-corrected chi connectivity index (χ3v) is 4.46. The van der Waals surface area contributed by atoms with Crippen LogP contribution < -0.4 is 5.32 Å². The molecule has 0 aliphatic carbocycles. The van der Waals surface area contributed by atoms with E-state index in [9.17, 15) is 4.79 Å². The van der Waals surface area contributed by atoms with E-state index in [0.717, 1.165) is 12.8 Å². The molecule has 22 heavy (non-hydrogen) atoms. The van der Waals surface area contributed by atoms with Gasteiger partial charge in [-0.05, 0) is 25.3 Å². The molecule has 0 saturated heterocycles. The van der Waals surface area contributed by atoms with Gasteiger partial charge in [-0.2, -0.15) is 0 Å². The Morgan fingerprint density at radius 3 is 2.55 bits per heavy atom. The molecule has 0 radical (unpaired) electrons. The lowest BCUT2D eigenvalue weighted by Gasteiger charge is -2.14. The summed E-state index contributed by atoms with van der Waals surface area (Å²) < 4.78 is 0. The molecule has 1 aromatic carbocycles. The van der Waals surface area contributed by atoms with Crippen LogP contribution in [0.2, 0.25) is 15.1 Å². The van der Waals surface area contributed by atoms with E-state index in [1.54, 1.807) is 0 Å². The van der Waals surface area contributed by atoms with E-state index >= 15 is 0 Å². The quantitative estimate of drug-likeness (QED) is 0.835. The minimum absolute atomic E-state index is 0.0139. The largest absolute Gasteiger partial charge is 0.348 e. The lowest BCUT2D eigenvalue weighted by atomic mass is 10.1. The average molecular weight is 358 g/mol. The SMILES string of the molecule is CC(CCc1ccccc1)NC(=O)c1ncc(Cl)c(Cl)c1Cl. The number of carbonyl (C=O) groups is 1. The average Bonchev–Trinajstić information content (AvgIpc) is 2.51. The fourth-order valence-electron chi connectivity index (χ4n) is 1.99. The number of hydrogen-bond donors (Lipinski definition) is 1. The number of amides is 1.